The maximum Gasteiger partial charge on any atom is 0.409 e. The van der Waals surface area contributed by atoms with E-state index in [2.05, 4.69) is 29.2 Å². The number of ether oxygens (including phenoxy) is 2. The summed E-state index contributed by atoms with van der Waals surface area (Å²) in [6, 6.07) is -0.0371. The van der Waals surface area contributed by atoms with Crippen LogP contribution in [-0.2, 0) is 14.3 Å². The lowest BCUT2D eigenvalue weighted by Crippen LogP contribution is -2.37. The van der Waals surface area contributed by atoms with Crippen LogP contribution >= 0.6 is 22.6 Å². The van der Waals surface area contributed by atoms with Crippen molar-refractivity contribution in [2.24, 2.45) is 0 Å². The smallest absolute Gasteiger partial charge is 0.409 e. The fourth-order valence-corrected chi connectivity index (χ4v) is 2.98. The normalized spacial score (nSPS) is 27.7. The highest BCUT2D eigenvalue weighted by Gasteiger charge is 2.44. The summed E-state index contributed by atoms with van der Waals surface area (Å²) in [5.41, 5.74) is 0. The van der Waals surface area contributed by atoms with Crippen molar-refractivity contribution in [3.63, 3.8) is 0 Å². The summed E-state index contributed by atoms with van der Waals surface area (Å²) in [4.78, 5) is 24.2. The highest BCUT2D eigenvalue weighted by Crippen LogP contribution is 2.30. The van der Waals surface area contributed by atoms with Crippen LogP contribution in [0.1, 0.15) is 13.3 Å². The lowest BCUT2D eigenvalue weighted by Gasteiger charge is -2.23. The molecule has 1 amide bonds. The molecule has 1 heterocycles. The third kappa shape index (κ3) is 3.34. The van der Waals surface area contributed by atoms with Gasteiger partial charge in [-0.1, -0.05) is 28.7 Å². The Labute approximate surface area is 114 Å². The number of methoxy groups -OCH3 is 1. The number of hydrogen-bond donors (Lipinski definition) is 0. The molecule has 5 nitrogen and oxygen atoms in total. The third-order valence-corrected chi connectivity index (χ3v) is 4.27. The molecule has 0 radical (unpaired) electrons. The average molecular weight is 353 g/mol. The Bertz CT molecular complexity index is 321. The molecule has 1 rings (SSSR count). The van der Waals surface area contributed by atoms with Gasteiger partial charge in [0.1, 0.15) is 6.10 Å². The molecule has 0 aromatic heterocycles. The highest BCUT2D eigenvalue weighted by atomic mass is 127. The maximum absolute atomic E-state index is 11.6. The molecule has 0 saturated carbocycles. The summed E-state index contributed by atoms with van der Waals surface area (Å²) in [7, 11) is 1.34. The van der Waals surface area contributed by atoms with E-state index in [0.29, 0.717) is 13.0 Å². The van der Waals surface area contributed by atoms with Crippen molar-refractivity contribution in [2.75, 3.05) is 13.7 Å². The van der Waals surface area contributed by atoms with Crippen LogP contribution < -0.4 is 0 Å². The van der Waals surface area contributed by atoms with E-state index in [1.165, 1.54) is 14.0 Å². The molecule has 0 aromatic carbocycles. The minimum Gasteiger partial charge on any atom is -0.459 e. The summed E-state index contributed by atoms with van der Waals surface area (Å²) in [5, 5.41) is 0. The SMILES string of the molecule is C=CC[C@H]1[C@H](I)[C@@H](OC(C)=O)CN1C(=O)OC. The molecule has 17 heavy (non-hydrogen) atoms. The van der Waals surface area contributed by atoms with Crippen molar-refractivity contribution in [3.05, 3.63) is 12.7 Å². The number of amides is 1. The Morgan fingerprint density at radius 1 is 1.59 bits per heavy atom. The standard InChI is InChI=1S/C11H16INO4/c1-4-5-8-10(12)9(17-7(2)14)6-13(8)11(15)16-3/h4,8-10H,1,5-6H2,2-3H3/t8-,9-,10-/m0/s1. The minimum atomic E-state index is -0.395. The van der Waals surface area contributed by atoms with E-state index < -0.39 is 6.09 Å². The fraction of sp³-hybridized carbons (Fsp3) is 0.636. The number of carbonyl (C=O) groups excluding carboxylic acids is 2. The van der Waals surface area contributed by atoms with Crippen molar-refractivity contribution >= 4 is 34.7 Å². The second-order valence-corrected chi connectivity index (χ2v) is 5.24. The molecule has 1 fully saturated rings. The minimum absolute atomic E-state index is 0.0371. The summed E-state index contributed by atoms with van der Waals surface area (Å²) >= 11 is 2.20. The molecule has 1 aliphatic rings. The number of carbonyl (C=O) groups is 2. The second-order valence-electron chi connectivity index (χ2n) is 3.81. The Hall–Kier alpha value is -0.790. The summed E-state index contributed by atoms with van der Waals surface area (Å²) in [5.74, 6) is -0.333. The van der Waals surface area contributed by atoms with E-state index in [9.17, 15) is 9.59 Å². The van der Waals surface area contributed by atoms with Crippen molar-refractivity contribution in [3.8, 4) is 0 Å². The van der Waals surface area contributed by atoms with E-state index in [1.54, 1.807) is 11.0 Å². The summed E-state index contributed by atoms with van der Waals surface area (Å²) in [6.45, 7) is 5.42. The molecule has 96 valence electrons. The molecule has 0 N–H and O–H groups in total. The van der Waals surface area contributed by atoms with Crippen molar-refractivity contribution in [1.82, 2.24) is 4.90 Å². The largest absolute Gasteiger partial charge is 0.459 e. The zero-order valence-electron chi connectivity index (χ0n) is 9.89. The molecule has 0 spiro atoms. The molecule has 3 atom stereocenters. The second kappa shape index (κ2) is 6.23. The number of alkyl halides is 1. The van der Waals surface area contributed by atoms with Crippen LogP contribution in [0.2, 0.25) is 0 Å². The molecule has 0 aliphatic carbocycles. The number of esters is 1. The quantitative estimate of drug-likeness (QED) is 0.336. The fourth-order valence-electron chi connectivity index (χ4n) is 1.92. The van der Waals surface area contributed by atoms with Gasteiger partial charge in [0.05, 0.1) is 23.6 Å². The van der Waals surface area contributed by atoms with Crippen LogP contribution in [0.25, 0.3) is 0 Å². The first-order chi connectivity index (χ1) is 8.01. The lowest BCUT2D eigenvalue weighted by molar-refractivity contribution is -0.145. The van der Waals surface area contributed by atoms with Gasteiger partial charge in [0, 0.05) is 6.92 Å². The van der Waals surface area contributed by atoms with E-state index >= 15 is 0 Å². The van der Waals surface area contributed by atoms with Gasteiger partial charge >= 0.3 is 12.1 Å². The van der Waals surface area contributed by atoms with Crippen LogP contribution in [0.5, 0.6) is 0 Å². The van der Waals surface area contributed by atoms with Gasteiger partial charge in [-0.3, -0.25) is 9.69 Å². The van der Waals surface area contributed by atoms with Crippen molar-refractivity contribution in [1.29, 1.82) is 0 Å². The molecule has 0 bridgehead atoms. The number of nitrogens with zero attached hydrogens (tertiary/aromatic N) is 1. The van der Waals surface area contributed by atoms with Crippen LogP contribution in [-0.4, -0.2) is 46.7 Å². The maximum atomic E-state index is 11.6. The van der Waals surface area contributed by atoms with E-state index in [4.69, 9.17) is 9.47 Å². The Kier molecular flexibility index (Phi) is 5.23. The predicted octanol–water partition coefficient (Wildman–Crippen LogP) is 1.75. The number of likely N-dealkylation sites (tertiary alicyclic amines) is 1. The van der Waals surface area contributed by atoms with Gasteiger partial charge in [-0.25, -0.2) is 4.79 Å². The van der Waals surface area contributed by atoms with E-state index in [0.717, 1.165) is 0 Å². The first-order valence-corrected chi connectivity index (χ1v) is 6.52. The zero-order valence-corrected chi connectivity index (χ0v) is 12.0. The van der Waals surface area contributed by atoms with Gasteiger partial charge in [-0.05, 0) is 6.42 Å². The van der Waals surface area contributed by atoms with Crippen LogP contribution in [0, 0.1) is 0 Å². The average Bonchev–Trinajstić information content (AvgIpc) is 2.57. The number of halogens is 1. The van der Waals surface area contributed by atoms with Gasteiger partial charge < -0.3 is 9.47 Å². The van der Waals surface area contributed by atoms with Crippen LogP contribution in [0.4, 0.5) is 4.79 Å². The van der Waals surface area contributed by atoms with Crippen molar-refractivity contribution < 1.29 is 19.1 Å². The monoisotopic (exact) mass is 353 g/mol. The van der Waals surface area contributed by atoms with Gasteiger partial charge in [0.15, 0.2) is 0 Å². The third-order valence-electron chi connectivity index (χ3n) is 2.63. The predicted molar refractivity (Wildman–Crippen MR) is 71.1 cm³/mol. The van der Waals surface area contributed by atoms with Gasteiger partial charge in [0.25, 0.3) is 0 Å². The molecule has 0 unspecified atom stereocenters. The lowest BCUT2D eigenvalue weighted by atomic mass is 10.1. The van der Waals surface area contributed by atoms with Crippen LogP contribution in [0.15, 0.2) is 12.7 Å². The molecule has 1 aliphatic heterocycles. The Balaban J connectivity index is 2.80. The summed E-state index contributed by atoms with van der Waals surface area (Å²) < 4.78 is 9.97. The van der Waals surface area contributed by atoms with Gasteiger partial charge in [0.2, 0.25) is 0 Å². The Morgan fingerprint density at radius 2 is 2.24 bits per heavy atom. The Morgan fingerprint density at radius 3 is 2.71 bits per heavy atom. The van der Waals surface area contributed by atoms with Gasteiger partial charge in [-0.15, -0.1) is 6.58 Å². The molecule has 1 saturated heterocycles. The number of rotatable bonds is 3. The van der Waals surface area contributed by atoms with E-state index in [1.807, 2.05) is 0 Å². The molecular weight excluding hydrogens is 337 g/mol. The first kappa shape index (κ1) is 14.3. The van der Waals surface area contributed by atoms with Crippen LogP contribution in [0.3, 0.4) is 0 Å². The molecule has 6 heteroatoms. The summed E-state index contributed by atoms with van der Waals surface area (Å²) in [6.07, 6.45) is 1.73. The van der Waals surface area contributed by atoms with E-state index in [-0.39, 0.29) is 22.0 Å². The molecular formula is C11H16INO4. The van der Waals surface area contributed by atoms with Crippen molar-refractivity contribution in [2.45, 2.75) is 29.4 Å². The van der Waals surface area contributed by atoms with Gasteiger partial charge in [-0.2, -0.15) is 0 Å². The highest BCUT2D eigenvalue weighted by molar-refractivity contribution is 14.1. The molecule has 0 aromatic rings. The first-order valence-electron chi connectivity index (χ1n) is 5.28. The zero-order chi connectivity index (χ0) is 13.0. The topological polar surface area (TPSA) is 55.8 Å². The number of hydrogen-bond acceptors (Lipinski definition) is 4.